The molecule has 0 aromatic heterocycles. The Morgan fingerprint density at radius 2 is 1.82 bits per heavy atom. The zero-order valence-electron chi connectivity index (χ0n) is 19.5. The monoisotopic (exact) mass is 460 g/mol. The quantitative estimate of drug-likeness (QED) is 0.495. The fourth-order valence-corrected chi connectivity index (χ4v) is 4.28. The number of carbonyl (C=O) groups excluding carboxylic acids is 2. The molecule has 6 heteroatoms. The van der Waals surface area contributed by atoms with Crippen molar-refractivity contribution in [2.75, 3.05) is 5.32 Å². The first kappa shape index (κ1) is 23.5. The Morgan fingerprint density at radius 3 is 2.50 bits per heavy atom. The van der Waals surface area contributed by atoms with Crippen molar-refractivity contribution in [3.63, 3.8) is 0 Å². The molecule has 5 nitrogen and oxygen atoms in total. The first-order valence-corrected chi connectivity index (χ1v) is 11.7. The molecule has 176 valence electrons. The number of fused-ring (bicyclic) bond motifs is 1. The number of carbonyl (C=O) groups is 2. The maximum atomic E-state index is 13.3. The summed E-state index contributed by atoms with van der Waals surface area (Å²) in [6, 6.07) is 21.4. The summed E-state index contributed by atoms with van der Waals surface area (Å²) in [5, 5.41) is 3.03. The lowest BCUT2D eigenvalue weighted by Crippen LogP contribution is -2.38. The second-order valence-electron chi connectivity index (χ2n) is 8.52. The van der Waals surface area contributed by atoms with Gasteiger partial charge in [0.25, 0.3) is 5.91 Å². The van der Waals surface area contributed by atoms with Crippen LogP contribution in [0.3, 0.4) is 0 Å². The lowest BCUT2D eigenvalue weighted by atomic mass is 9.95. The molecule has 1 aliphatic heterocycles. The third-order valence-electron chi connectivity index (χ3n) is 6.13. The zero-order valence-corrected chi connectivity index (χ0v) is 19.5. The van der Waals surface area contributed by atoms with E-state index in [2.05, 4.69) is 5.32 Å². The minimum absolute atomic E-state index is 0.0751. The van der Waals surface area contributed by atoms with Gasteiger partial charge in [-0.05, 0) is 54.3 Å². The number of halogens is 1. The van der Waals surface area contributed by atoms with Crippen LogP contribution in [0.25, 0.3) is 0 Å². The summed E-state index contributed by atoms with van der Waals surface area (Å²) < 4.78 is 19.4. The van der Waals surface area contributed by atoms with Gasteiger partial charge in [0.2, 0.25) is 5.91 Å². The topological polar surface area (TPSA) is 58.6 Å². The van der Waals surface area contributed by atoms with E-state index in [0.717, 1.165) is 16.7 Å². The van der Waals surface area contributed by atoms with Gasteiger partial charge in [-0.1, -0.05) is 56.3 Å². The van der Waals surface area contributed by atoms with E-state index in [1.807, 2.05) is 56.3 Å². The summed E-state index contributed by atoms with van der Waals surface area (Å²) in [4.78, 5) is 27.9. The molecule has 1 N–H and O–H groups in total. The number of nitrogens with one attached hydrogen (secondary N) is 1. The summed E-state index contributed by atoms with van der Waals surface area (Å²) in [5.74, 6) is -0.114. The Labute approximate surface area is 199 Å². The molecule has 0 unspecified atom stereocenters. The van der Waals surface area contributed by atoms with Crippen LogP contribution in [-0.4, -0.2) is 22.8 Å². The first-order chi connectivity index (χ1) is 16.5. The van der Waals surface area contributed by atoms with E-state index >= 15 is 0 Å². The molecule has 0 fully saturated rings. The van der Waals surface area contributed by atoms with E-state index in [1.165, 1.54) is 12.1 Å². The van der Waals surface area contributed by atoms with Crippen LogP contribution < -0.4 is 10.1 Å². The van der Waals surface area contributed by atoms with Crippen molar-refractivity contribution in [1.82, 2.24) is 4.90 Å². The molecular formula is C28H29FN2O3. The fraction of sp³-hybridized carbons (Fsp3) is 0.286. The number of ether oxygens (including phenoxy) is 1. The standard InChI is InChI=1S/C28H29FN2O3/c1-3-24(20-8-6-5-7-9-20)27(32)30-23-14-15-26-21(16-23)18-31(28(33)25(4-2)34-26)17-19-10-12-22(29)13-11-19/h5-16,24-25H,3-4,17-18H2,1-2H3,(H,30,32)/t24-,25+/m0/s1. The van der Waals surface area contributed by atoms with Crippen molar-refractivity contribution in [3.05, 3.63) is 95.3 Å². The molecule has 1 heterocycles. The molecule has 0 bridgehead atoms. The number of nitrogens with zero attached hydrogens (tertiary/aromatic N) is 1. The van der Waals surface area contributed by atoms with Gasteiger partial charge in [0.15, 0.2) is 6.10 Å². The molecule has 34 heavy (non-hydrogen) atoms. The lowest BCUT2D eigenvalue weighted by molar-refractivity contribution is -0.139. The molecule has 0 spiro atoms. The number of rotatable bonds is 7. The maximum absolute atomic E-state index is 13.3. The summed E-state index contributed by atoms with van der Waals surface area (Å²) in [7, 11) is 0. The van der Waals surface area contributed by atoms with Gasteiger partial charge in [-0.15, -0.1) is 0 Å². The average Bonchev–Trinajstić information content (AvgIpc) is 2.97. The average molecular weight is 461 g/mol. The molecule has 2 atom stereocenters. The molecular weight excluding hydrogens is 431 g/mol. The van der Waals surface area contributed by atoms with Crippen molar-refractivity contribution in [1.29, 1.82) is 0 Å². The molecule has 0 aliphatic carbocycles. The summed E-state index contributed by atoms with van der Waals surface area (Å²) in [6.45, 7) is 4.58. The summed E-state index contributed by atoms with van der Waals surface area (Å²) in [6.07, 6.45) is 0.623. The minimum atomic E-state index is -0.593. The second kappa shape index (κ2) is 10.5. The van der Waals surface area contributed by atoms with Gasteiger partial charge in [0.05, 0.1) is 5.92 Å². The number of hydrogen-bond acceptors (Lipinski definition) is 3. The van der Waals surface area contributed by atoms with E-state index in [-0.39, 0.29) is 23.5 Å². The highest BCUT2D eigenvalue weighted by Gasteiger charge is 2.30. The van der Waals surface area contributed by atoms with Gasteiger partial charge in [-0.3, -0.25) is 9.59 Å². The van der Waals surface area contributed by atoms with Crippen molar-refractivity contribution in [3.8, 4) is 5.75 Å². The van der Waals surface area contributed by atoms with Gasteiger partial charge in [-0.2, -0.15) is 0 Å². The molecule has 0 saturated heterocycles. The Morgan fingerprint density at radius 1 is 1.09 bits per heavy atom. The van der Waals surface area contributed by atoms with Gasteiger partial charge < -0.3 is 15.0 Å². The first-order valence-electron chi connectivity index (χ1n) is 11.7. The summed E-state index contributed by atoms with van der Waals surface area (Å²) in [5.41, 5.74) is 3.29. The SMILES string of the molecule is CC[C@H](C(=O)Nc1ccc2c(c1)CN(Cc1ccc(F)cc1)C(=O)[C@@H](CC)O2)c1ccccc1. The number of benzene rings is 3. The van der Waals surface area contributed by atoms with E-state index < -0.39 is 6.10 Å². The predicted molar refractivity (Wildman–Crippen MR) is 130 cm³/mol. The van der Waals surface area contributed by atoms with Crippen molar-refractivity contribution >= 4 is 17.5 Å². The van der Waals surface area contributed by atoms with Crippen LogP contribution in [0.1, 0.15) is 49.3 Å². The zero-order chi connectivity index (χ0) is 24.1. The van der Waals surface area contributed by atoms with E-state index in [9.17, 15) is 14.0 Å². The molecule has 3 aromatic rings. The molecule has 0 radical (unpaired) electrons. The largest absolute Gasteiger partial charge is 0.480 e. The maximum Gasteiger partial charge on any atom is 0.264 e. The second-order valence-corrected chi connectivity index (χ2v) is 8.52. The molecule has 1 aliphatic rings. The van der Waals surface area contributed by atoms with Crippen LogP contribution in [0.4, 0.5) is 10.1 Å². The van der Waals surface area contributed by atoms with Crippen LogP contribution in [0.15, 0.2) is 72.8 Å². The van der Waals surface area contributed by atoms with Gasteiger partial charge >= 0.3 is 0 Å². The molecule has 3 aromatic carbocycles. The smallest absolute Gasteiger partial charge is 0.264 e. The Bertz CT molecular complexity index is 1150. The highest BCUT2D eigenvalue weighted by Crippen LogP contribution is 2.31. The Hall–Kier alpha value is -3.67. The highest BCUT2D eigenvalue weighted by molar-refractivity contribution is 5.96. The van der Waals surface area contributed by atoms with E-state index in [0.29, 0.717) is 37.4 Å². The number of anilines is 1. The van der Waals surface area contributed by atoms with Crippen LogP contribution in [0.2, 0.25) is 0 Å². The van der Waals surface area contributed by atoms with Gasteiger partial charge in [-0.25, -0.2) is 4.39 Å². The minimum Gasteiger partial charge on any atom is -0.480 e. The van der Waals surface area contributed by atoms with Crippen LogP contribution in [0, 0.1) is 5.82 Å². The van der Waals surface area contributed by atoms with Gasteiger partial charge in [0.1, 0.15) is 11.6 Å². The molecule has 2 amide bonds. The lowest BCUT2D eigenvalue weighted by Gasteiger charge is -2.23. The number of hydrogen-bond donors (Lipinski definition) is 1. The van der Waals surface area contributed by atoms with Crippen LogP contribution >= 0.6 is 0 Å². The third kappa shape index (κ3) is 5.28. The fourth-order valence-electron chi connectivity index (χ4n) is 4.28. The van der Waals surface area contributed by atoms with Crippen LogP contribution in [-0.2, 0) is 22.7 Å². The van der Waals surface area contributed by atoms with Crippen molar-refractivity contribution < 1.29 is 18.7 Å². The summed E-state index contributed by atoms with van der Waals surface area (Å²) >= 11 is 0. The van der Waals surface area contributed by atoms with E-state index in [4.69, 9.17) is 4.74 Å². The Kier molecular flexibility index (Phi) is 7.26. The van der Waals surface area contributed by atoms with Crippen molar-refractivity contribution in [2.45, 2.75) is 51.8 Å². The highest BCUT2D eigenvalue weighted by atomic mass is 19.1. The predicted octanol–water partition coefficient (Wildman–Crippen LogP) is 5.66. The molecule has 4 rings (SSSR count). The van der Waals surface area contributed by atoms with Crippen LogP contribution in [0.5, 0.6) is 5.75 Å². The number of amides is 2. The molecule has 0 saturated carbocycles. The van der Waals surface area contributed by atoms with E-state index in [1.54, 1.807) is 23.1 Å². The van der Waals surface area contributed by atoms with Gasteiger partial charge in [0, 0.05) is 24.3 Å². The third-order valence-corrected chi connectivity index (χ3v) is 6.13. The Balaban J connectivity index is 1.56. The van der Waals surface area contributed by atoms with Crippen molar-refractivity contribution in [2.24, 2.45) is 0 Å². The normalized spacial score (nSPS) is 16.3.